The van der Waals surface area contributed by atoms with E-state index in [1.54, 1.807) is 0 Å². The van der Waals surface area contributed by atoms with Gasteiger partial charge in [0.1, 0.15) is 17.6 Å². The Kier molecular flexibility index (Phi) is 4.13. The Morgan fingerprint density at radius 2 is 2.05 bits per heavy atom. The first-order valence-electron chi connectivity index (χ1n) is 6.99. The fourth-order valence-electron chi connectivity index (χ4n) is 2.74. The van der Waals surface area contributed by atoms with Crippen LogP contribution in [0.3, 0.4) is 0 Å². The molecule has 3 nitrogen and oxygen atoms in total. The van der Waals surface area contributed by atoms with Gasteiger partial charge in [-0.05, 0) is 30.4 Å². The number of nitrogens with zero attached hydrogens (tertiary/aromatic N) is 2. The number of pyridine rings is 1. The second-order valence-electron chi connectivity index (χ2n) is 6.13. The van der Waals surface area contributed by atoms with Gasteiger partial charge in [0.2, 0.25) is 0 Å². The summed E-state index contributed by atoms with van der Waals surface area (Å²) in [5.74, 6) is 0.0345. The standard InChI is InChI=1S/C15H18F3N3/c1-14(2)8-4-3-5-11(14)20-13-10(9-19)6-7-12(21-13)15(16,17)18/h6-7,11H,3-5,8H2,1-2H3,(H,20,21). The van der Waals surface area contributed by atoms with Gasteiger partial charge in [0, 0.05) is 6.04 Å². The fourth-order valence-corrected chi connectivity index (χ4v) is 2.74. The molecule has 0 radical (unpaired) electrons. The van der Waals surface area contributed by atoms with E-state index in [4.69, 9.17) is 5.26 Å². The van der Waals surface area contributed by atoms with Gasteiger partial charge >= 0.3 is 6.18 Å². The monoisotopic (exact) mass is 297 g/mol. The van der Waals surface area contributed by atoms with Crippen LogP contribution in [0.15, 0.2) is 12.1 Å². The van der Waals surface area contributed by atoms with E-state index in [2.05, 4.69) is 24.1 Å². The van der Waals surface area contributed by atoms with Crippen LogP contribution >= 0.6 is 0 Å². The Bertz CT molecular complexity index is 558. The minimum absolute atomic E-state index is 0.0225. The van der Waals surface area contributed by atoms with Crippen LogP contribution in [0.1, 0.15) is 50.8 Å². The summed E-state index contributed by atoms with van der Waals surface area (Å²) in [5.41, 5.74) is -0.858. The summed E-state index contributed by atoms with van der Waals surface area (Å²) >= 11 is 0. The highest BCUT2D eigenvalue weighted by molar-refractivity contribution is 5.53. The smallest absolute Gasteiger partial charge is 0.366 e. The zero-order valence-electron chi connectivity index (χ0n) is 12.1. The average Bonchev–Trinajstić information content (AvgIpc) is 2.40. The van der Waals surface area contributed by atoms with Gasteiger partial charge in [-0.1, -0.05) is 26.7 Å². The number of hydrogen-bond donors (Lipinski definition) is 1. The molecule has 6 heteroatoms. The molecule has 1 aromatic rings. The molecule has 0 amide bonds. The first-order chi connectivity index (χ1) is 9.74. The maximum absolute atomic E-state index is 12.8. The number of halogens is 3. The van der Waals surface area contributed by atoms with Crippen LogP contribution in [-0.4, -0.2) is 11.0 Å². The van der Waals surface area contributed by atoms with Crippen LogP contribution in [0.5, 0.6) is 0 Å². The second kappa shape index (κ2) is 5.55. The molecule has 114 valence electrons. The van der Waals surface area contributed by atoms with E-state index in [0.29, 0.717) is 0 Å². The minimum Gasteiger partial charge on any atom is -0.366 e. The molecule has 1 atom stereocenters. The predicted octanol–water partition coefficient (Wildman–Crippen LogP) is 4.35. The van der Waals surface area contributed by atoms with E-state index < -0.39 is 11.9 Å². The maximum atomic E-state index is 12.8. The van der Waals surface area contributed by atoms with Crippen LogP contribution in [-0.2, 0) is 6.18 Å². The highest BCUT2D eigenvalue weighted by Crippen LogP contribution is 2.38. The van der Waals surface area contributed by atoms with Crippen LogP contribution in [0.2, 0.25) is 0 Å². The fraction of sp³-hybridized carbons (Fsp3) is 0.600. The number of anilines is 1. The van der Waals surface area contributed by atoms with Crippen molar-refractivity contribution in [1.82, 2.24) is 4.98 Å². The van der Waals surface area contributed by atoms with Crippen LogP contribution in [0.4, 0.5) is 19.0 Å². The molecule has 2 rings (SSSR count). The molecule has 1 heterocycles. The van der Waals surface area contributed by atoms with Crippen LogP contribution < -0.4 is 5.32 Å². The van der Waals surface area contributed by atoms with E-state index in [1.807, 2.05) is 6.07 Å². The largest absolute Gasteiger partial charge is 0.433 e. The van der Waals surface area contributed by atoms with E-state index in [1.165, 1.54) is 6.07 Å². The molecule has 1 aliphatic rings. The molecule has 1 fully saturated rings. The van der Waals surface area contributed by atoms with Crippen molar-refractivity contribution in [2.75, 3.05) is 5.32 Å². The summed E-state index contributed by atoms with van der Waals surface area (Å²) in [6.07, 6.45) is -0.484. The number of hydrogen-bond acceptors (Lipinski definition) is 3. The third kappa shape index (κ3) is 3.46. The van der Waals surface area contributed by atoms with E-state index in [-0.39, 0.29) is 22.8 Å². The van der Waals surface area contributed by atoms with Crippen molar-refractivity contribution in [2.24, 2.45) is 5.41 Å². The Balaban J connectivity index is 2.32. The van der Waals surface area contributed by atoms with Gasteiger partial charge in [0.05, 0.1) is 5.56 Å². The molecule has 0 bridgehead atoms. The molecule has 1 saturated carbocycles. The lowest BCUT2D eigenvalue weighted by Gasteiger charge is -2.39. The molecule has 0 aromatic carbocycles. The predicted molar refractivity (Wildman–Crippen MR) is 73.6 cm³/mol. The van der Waals surface area contributed by atoms with Gasteiger partial charge in [-0.15, -0.1) is 0 Å². The van der Waals surface area contributed by atoms with Crippen molar-refractivity contribution < 1.29 is 13.2 Å². The number of nitriles is 1. The number of aromatic nitrogens is 1. The summed E-state index contributed by atoms with van der Waals surface area (Å²) < 4.78 is 38.3. The first kappa shape index (κ1) is 15.6. The first-order valence-corrected chi connectivity index (χ1v) is 6.99. The highest BCUT2D eigenvalue weighted by atomic mass is 19.4. The van der Waals surface area contributed by atoms with Gasteiger partial charge in [-0.2, -0.15) is 18.4 Å². The second-order valence-corrected chi connectivity index (χ2v) is 6.13. The third-order valence-electron chi connectivity index (χ3n) is 4.12. The van der Waals surface area contributed by atoms with E-state index in [9.17, 15) is 13.2 Å². The molecule has 21 heavy (non-hydrogen) atoms. The van der Waals surface area contributed by atoms with Crippen LogP contribution in [0, 0.1) is 16.7 Å². The third-order valence-corrected chi connectivity index (χ3v) is 4.12. The van der Waals surface area contributed by atoms with Crippen LogP contribution in [0.25, 0.3) is 0 Å². The average molecular weight is 297 g/mol. The summed E-state index contributed by atoms with van der Waals surface area (Å²) in [5, 5.41) is 12.1. The van der Waals surface area contributed by atoms with E-state index in [0.717, 1.165) is 31.7 Å². The van der Waals surface area contributed by atoms with Crippen molar-refractivity contribution in [3.05, 3.63) is 23.4 Å². The summed E-state index contributed by atoms with van der Waals surface area (Å²) in [7, 11) is 0. The highest BCUT2D eigenvalue weighted by Gasteiger charge is 2.35. The molecule has 1 aromatic heterocycles. The van der Waals surface area contributed by atoms with Gasteiger partial charge in [0.15, 0.2) is 0 Å². The Hall–Kier alpha value is -1.77. The lowest BCUT2D eigenvalue weighted by molar-refractivity contribution is -0.141. The normalized spacial score (nSPS) is 21.6. The molecule has 1 aliphatic carbocycles. The molecule has 0 aliphatic heterocycles. The lowest BCUT2D eigenvalue weighted by Crippen LogP contribution is -2.39. The van der Waals surface area contributed by atoms with E-state index >= 15 is 0 Å². The lowest BCUT2D eigenvalue weighted by atomic mass is 9.73. The minimum atomic E-state index is -4.51. The van der Waals surface area contributed by atoms with Gasteiger partial charge in [-0.3, -0.25) is 0 Å². The quantitative estimate of drug-likeness (QED) is 0.882. The molecule has 1 N–H and O–H groups in total. The molecular formula is C15H18F3N3. The molecule has 1 unspecified atom stereocenters. The SMILES string of the molecule is CC1(C)CCCCC1Nc1nc(C(F)(F)F)ccc1C#N. The van der Waals surface area contributed by atoms with Gasteiger partial charge in [0.25, 0.3) is 0 Å². The van der Waals surface area contributed by atoms with Crippen molar-refractivity contribution in [3.63, 3.8) is 0 Å². The summed E-state index contributed by atoms with van der Waals surface area (Å²) in [6, 6.07) is 3.94. The molecular weight excluding hydrogens is 279 g/mol. The topological polar surface area (TPSA) is 48.7 Å². The molecule has 0 saturated heterocycles. The maximum Gasteiger partial charge on any atom is 0.433 e. The van der Waals surface area contributed by atoms with Gasteiger partial charge < -0.3 is 5.32 Å². The Labute approximate surface area is 122 Å². The Morgan fingerprint density at radius 3 is 2.62 bits per heavy atom. The number of alkyl halides is 3. The van der Waals surface area contributed by atoms with Crippen molar-refractivity contribution in [1.29, 1.82) is 5.26 Å². The zero-order valence-corrected chi connectivity index (χ0v) is 12.1. The Morgan fingerprint density at radius 1 is 1.33 bits per heavy atom. The zero-order chi connectivity index (χ0) is 15.7. The van der Waals surface area contributed by atoms with Crippen molar-refractivity contribution in [2.45, 2.75) is 51.7 Å². The number of nitrogens with one attached hydrogen (secondary N) is 1. The van der Waals surface area contributed by atoms with Crippen molar-refractivity contribution >= 4 is 5.82 Å². The van der Waals surface area contributed by atoms with Gasteiger partial charge in [-0.25, -0.2) is 4.98 Å². The van der Waals surface area contributed by atoms with Crippen molar-refractivity contribution in [3.8, 4) is 6.07 Å². The number of rotatable bonds is 2. The molecule has 0 spiro atoms. The summed E-state index contributed by atoms with van der Waals surface area (Å²) in [6.45, 7) is 4.17. The summed E-state index contributed by atoms with van der Waals surface area (Å²) in [4.78, 5) is 3.62.